The molecule has 1 atom stereocenters. The fourth-order valence-electron chi connectivity index (χ4n) is 1.37. The number of thiophene rings is 1. The number of hydrogen-bond donors (Lipinski definition) is 1. The van der Waals surface area contributed by atoms with Gasteiger partial charge in [-0.1, -0.05) is 17.7 Å². The van der Waals surface area contributed by atoms with Crippen LogP contribution in [0.5, 0.6) is 0 Å². The molecule has 0 aliphatic heterocycles. The normalized spacial score (nSPS) is 12.8. The Bertz CT molecular complexity index is 514. The highest BCUT2D eigenvalue weighted by molar-refractivity contribution is 9.10. The summed E-state index contributed by atoms with van der Waals surface area (Å²) >= 11 is 10.3. The molecule has 1 aromatic heterocycles. The van der Waals surface area contributed by atoms with Crippen molar-refractivity contribution in [3.05, 3.63) is 55.4 Å². The quantitative estimate of drug-likeness (QED) is 0.870. The van der Waals surface area contributed by atoms with Gasteiger partial charge in [0.15, 0.2) is 0 Å². The predicted octanol–water partition coefficient (Wildman–Crippen LogP) is 4.38. The van der Waals surface area contributed by atoms with Gasteiger partial charge < -0.3 is 5.11 Å². The highest BCUT2D eigenvalue weighted by Gasteiger charge is 2.18. The zero-order valence-electron chi connectivity index (χ0n) is 7.95. The molecule has 0 bridgehead atoms. The molecule has 1 heterocycles. The van der Waals surface area contributed by atoms with Crippen LogP contribution in [0.3, 0.4) is 0 Å². The molecule has 0 aliphatic carbocycles. The first-order valence-electron chi connectivity index (χ1n) is 4.45. The number of rotatable bonds is 2. The lowest BCUT2D eigenvalue weighted by Crippen LogP contribution is -2.01. The van der Waals surface area contributed by atoms with Gasteiger partial charge in [0.2, 0.25) is 0 Å². The van der Waals surface area contributed by atoms with Crippen LogP contribution in [0.2, 0.25) is 5.02 Å². The molecule has 0 spiro atoms. The van der Waals surface area contributed by atoms with Crippen LogP contribution in [0.15, 0.2) is 34.1 Å². The molecule has 0 aliphatic rings. The van der Waals surface area contributed by atoms with Crippen LogP contribution in [0.25, 0.3) is 0 Å². The summed E-state index contributed by atoms with van der Waals surface area (Å²) < 4.78 is 14.3. The van der Waals surface area contributed by atoms with E-state index in [0.29, 0.717) is 9.90 Å². The largest absolute Gasteiger partial charge is 0.383 e. The molecule has 0 amide bonds. The molecule has 0 radical (unpaired) electrons. The highest BCUT2D eigenvalue weighted by atomic mass is 79.9. The number of halogens is 3. The first-order valence-corrected chi connectivity index (χ1v) is 6.50. The van der Waals surface area contributed by atoms with Gasteiger partial charge in [-0.05, 0) is 39.5 Å². The van der Waals surface area contributed by atoms with Gasteiger partial charge in [-0.15, -0.1) is 11.3 Å². The number of aliphatic hydroxyl groups excluding tert-OH is 1. The topological polar surface area (TPSA) is 20.2 Å². The zero-order valence-corrected chi connectivity index (χ0v) is 11.1. The third-order valence-electron chi connectivity index (χ3n) is 2.15. The van der Waals surface area contributed by atoms with Crippen LogP contribution >= 0.6 is 38.9 Å². The van der Waals surface area contributed by atoms with Crippen LogP contribution in [-0.2, 0) is 0 Å². The van der Waals surface area contributed by atoms with E-state index in [0.717, 1.165) is 4.47 Å². The van der Waals surface area contributed by atoms with E-state index >= 15 is 0 Å². The average Bonchev–Trinajstić information content (AvgIpc) is 2.63. The van der Waals surface area contributed by atoms with E-state index in [1.165, 1.54) is 23.5 Å². The van der Waals surface area contributed by atoms with Crippen LogP contribution in [-0.4, -0.2) is 5.11 Å². The Morgan fingerprint density at radius 3 is 2.69 bits per heavy atom. The lowest BCUT2D eigenvalue weighted by Gasteiger charge is -2.11. The van der Waals surface area contributed by atoms with Gasteiger partial charge in [-0.3, -0.25) is 0 Å². The number of benzene rings is 1. The Balaban J connectivity index is 2.41. The monoisotopic (exact) mass is 320 g/mol. The molecule has 1 unspecified atom stereocenters. The van der Waals surface area contributed by atoms with E-state index in [1.54, 1.807) is 6.07 Å². The van der Waals surface area contributed by atoms with Gasteiger partial charge in [-0.2, -0.15) is 0 Å². The zero-order chi connectivity index (χ0) is 11.7. The third-order valence-corrected chi connectivity index (χ3v) is 4.31. The van der Waals surface area contributed by atoms with E-state index in [-0.39, 0.29) is 5.56 Å². The Morgan fingerprint density at radius 2 is 2.12 bits per heavy atom. The average molecular weight is 322 g/mol. The molecule has 1 nitrogen and oxygen atoms in total. The molecule has 0 saturated heterocycles. The van der Waals surface area contributed by atoms with Crippen LogP contribution in [0.4, 0.5) is 4.39 Å². The summed E-state index contributed by atoms with van der Waals surface area (Å²) in [7, 11) is 0. The highest BCUT2D eigenvalue weighted by Crippen LogP contribution is 2.34. The second-order valence-electron chi connectivity index (χ2n) is 3.20. The molecule has 1 aromatic carbocycles. The van der Waals surface area contributed by atoms with Crippen molar-refractivity contribution >= 4 is 38.9 Å². The minimum absolute atomic E-state index is 0.229. The van der Waals surface area contributed by atoms with Crippen molar-refractivity contribution in [2.24, 2.45) is 0 Å². The van der Waals surface area contributed by atoms with Crippen molar-refractivity contribution in [1.29, 1.82) is 0 Å². The Kier molecular flexibility index (Phi) is 3.64. The maximum Gasteiger partial charge on any atom is 0.130 e. The molecule has 2 aromatic rings. The summed E-state index contributed by atoms with van der Waals surface area (Å²) in [5, 5.41) is 12.2. The van der Waals surface area contributed by atoms with Crippen LogP contribution in [0.1, 0.15) is 16.5 Å². The fraction of sp³-hybridized carbons (Fsp3) is 0.0909. The van der Waals surface area contributed by atoms with Crippen molar-refractivity contribution in [1.82, 2.24) is 0 Å². The second-order valence-corrected chi connectivity index (χ2v) is 5.44. The van der Waals surface area contributed by atoms with Crippen molar-refractivity contribution in [3.8, 4) is 0 Å². The van der Waals surface area contributed by atoms with E-state index in [9.17, 15) is 9.50 Å². The summed E-state index contributed by atoms with van der Waals surface area (Å²) in [4.78, 5) is 0.682. The summed E-state index contributed by atoms with van der Waals surface area (Å²) in [6, 6.07) is 6.07. The van der Waals surface area contributed by atoms with Crippen molar-refractivity contribution in [2.75, 3.05) is 0 Å². The lowest BCUT2D eigenvalue weighted by molar-refractivity contribution is 0.218. The minimum atomic E-state index is -0.966. The molecule has 0 saturated carbocycles. The third kappa shape index (κ3) is 2.30. The van der Waals surface area contributed by atoms with Crippen LogP contribution in [0, 0.1) is 5.82 Å². The van der Waals surface area contributed by atoms with Crippen molar-refractivity contribution in [3.63, 3.8) is 0 Å². The Hall–Kier alpha value is -0.420. The molecule has 1 N–H and O–H groups in total. The van der Waals surface area contributed by atoms with E-state index < -0.39 is 11.9 Å². The van der Waals surface area contributed by atoms with Gasteiger partial charge in [0.25, 0.3) is 0 Å². The predicted molar refractivity (Wildman–Crippen MR) is 67.5 cm³/mol. The smallest absolute Gasteiger partial charge is 0.130 e. The van der Waals surface area contributed by atoms with Gasteiger partial charge in [0.05, 0.1) is 4.88 Å². The Morgan fingerprint density at radius 1 is 1.38 bits per heavy atom. The summed E-state index contributed by atoms with van der Waals surface area (Å²) in [5.41, 5.74) is 0.229. The maximum atomic E-state index is 13.6. The van der Waals surface area contributed by atoms with Crippen molar-refractivity contribution in [2.45, 2.75) is 6.10 Å². The lowest BCUT2D eigenvalue weighted by atomic mass is 10.1. The van der Waals surface area contributed by atoms with Gasteiger partial charge >= 0.3 is 0 Å². The van der Waals surface area contributed by atoms with Gasteiger partial charge in [-0.25, -0.2) is 4.39 Å². The minimum Gasteiger partial charge on any atom is -0.383 e. The molecular formula is C11H7BrClFOS. The first-order chi connectivity index (χ1) is 7.59. The fourth-order valence-corrected chi connectivity index (χ4v) is 3.12. The molecule has 84 valence electrons. The molecule has 2 rings (SSSR count). The van der Waals surface area contributed by atoms with Gasteiger partial charge in [0, 0.05) is 15.1 Å². The molecular weight excluding hydrogens is 315 g/mol. The van der Waals surface area contributed by atoms with E-state index in [4.69, 9.17) is 11.6 Å². The molecule has 16 heavy (non-hydrogen) atoms. The first kappa shape index (κ1) is 12.0. The SMILES string of the molecule is OC(c1ccc(Cl)cc1F)c1sccc1Br. The van der Waals surface area contributed by atoms with E-state index in [1.807, 2.05) is 11.4 Å². The van der Waals surface area contributed by atoms with Crippen LogP contribution < -0.4 is 0 Å². The Labute approximate surface area is 110 Å². The molecule has 0 fully saturated rings. The second kappa shape index (κ2) is 4.84. The maximum absolute atomic E-state index is 13.6. The number of hydrogen-bond acceptors (Lipinski definition) is 2. The molecule has 5 heteroatoms. The number of aliphatic hydroxyl groups is 1. The summed E-state index contributed by atoms with van der Waals surface area (Å²) in [6.07, 6.45) is -0.966. The van der Waals surface area contributed by atoms with Crippen molar-refractivity contribution < 1.29 is 9.50 Å². The van der Waals surface area contributed by atoms with Gasteiger partial charge in [0.1, 0.15) is 11.9 Å². The van der Waals surface area contributed by atoms with E-state index in [2.05, 4.69) is 15.9 Å². The standard InChI is InChI=1S/C11H7BrClFOS/c12-8-3-4-16-11(8)10(15)7-2-1-6(13)5-9(7)14/h1-5,10,15H. The summed E-state index contributed by atoms with van der Waals surface area (Å²) in [6.45, 7) is 0. The summed E-state index contributed by atoms with van der Waals surface area (Å²) in [5.74, 6) is -0.500.